The van der Waals surface area contributed by atoms with Gasteiger partial charge in [0.15, 0.2) is 0 Å². The number of aromatic nitrogens is 2. The Morgan fingerprint density at radius 2 is 2.11 bits per heavy atom. The quantitative estimate of drug-likeness (QED) is 0.491. The summed E-state index contributed by atoms with van der Waals surface area (Å²) in [7, 11) is 0. The highest BCUT2D eigenvalue weighted by molar-refractivity contribution is 6.17. The monoisotopic (exact) mass is 289 g/mol. The van der Waals surface area contributed by atoms with Crippen LogP contribution in [0, 0.1) is 21.7 Å². The summed E-state index contributed by atoms with van der Waals surface area (Å²) in [6.45, 7) is 0. The van der Waals surface area contributed by atoms with Crippen LogP contribution >= 0.6 is 11.6 Å². The number of alkyl halides is 1. The number of hydrogen-bond acceptors (Lipinski definition) is 5. The zero-order chi connectivity index (χ0) is 14.0. The van der Waals surface area contributed by atoms with Crippen molar-refractivity contribution in [2.24, 2.45) is 0 Å². The van der Waals surface area contributed by atoms with Crippen LogP contribution in [0.2, 0.25) is 0 Å². The number of aryl methyl sites for hydroxylation is 1. The smallest absolute Gasteiger partial charge is 0.305 e. The number of benzene rings is 1. The van der Waals surface area contributed by atoms with Gasteiger partial charge in [0.1, 0.15) is 11.4 Å². The van der Waals surface area contributed by atoms with Crippen LogP contribution in [0.4, 0.5) is 14.5 Å². The Kier molecular flexibility index (Phi) is 3.70. The Morgan fingerprint density at radius 3 is 2.74 bits per heavy atom. The summed E-state index contributed by atoms with van der Waals surface area (Å²) in [5.74, 6) is -2.55. The van der Waals surface area contributed by atoms with Crippen LogP contribution in [0.15, 0.2) is 16.5 Å². The maximum atomic E-state index is 13.8. The molecule has 9 heteroatoms. The molecular weight excluding hydrogens is 284 g/mol. The molecule has 0 bridgehead atoms. The van der Waals surface area contributed by atoms with Crippen molar-refractivity contribution in [1.82, 2.24) is 10.2 Å². The molecule has 0 atom stereocenters. The zero-order valence-corrected chi connectivity index (χ0v) is 10.0. The summed E-state index contributed by atoms with van der Waals surface area (Å²) in [5.41, 5.74) is -1.59. The highest BCUT2D eigenvalue weighted by Crippen LogP contribution is 2.30. The Labute approximate surface area is 110 Å². The molecule has 0 radical (unpaired) electrons. The number of halogens is 3. The molecule has 0 aliphatic heterocycles. The summed E-state index contributed by atoms with van der Waals surface area (Å²) in [6.07, 6.45) is 0.229. The number of nitrogens with zero attached hydrogens (tertiary/aromatic N) is 3. The molecule has 0 saturated carbocycles. The number of nitro benzene ring substituents is 1. The van der Waals surface area contributed by atoms with Gasteiger partial charge in [-0.1, -0.05) is 0 Å². The van der Waals surface area contributed by atoms with Crippen molar-refractivity contribution >= 4 is 17.3 Å². The van der Waals surface area contributed by atoms with Gasteiger partial charge in [-0.15, -0.1) is 21.8 Å². The van der Waals surface area contributed by atoms with Crippen LogP contribution in [0.5, 0.6) is 0 Å². The van der Waals surface area contributed by atoms with E-state index in [1.807, 2.05) is 0 Å². The lowest BCUT2D eigenvalue weighted by atomic mass is 10.1. The van der Waals surface area contributed by atoms with E-state index in [0.29, 0.717) is 0 Å². The summed E-state index contributed by atoms with van der Waals surface area (Å²) in [4.78, 5) is 9.62. The molecule has 100 valence electrons. The predicted molar refractivity (Wildman–Crippen MR) is 60.7 cm³/mol. The summed E-state index contributed by atoms with van der Waals surface area (Å²) in [6, 6.07) is 1.49. The molecule has 19 heavy (non-hydrogen) atoms. The van der Waals surface area contributed by atoms with E-state index in [1.165, 1.54) is 0 Å². The fraction of sp³-hybridized carbons (Fsp3) is 0.200. The van der Waals surface area contributed by atoms with Crippen molar-refractivity contribution in [1.29, 1.82) is 0 Å². The molecule has 2 rings (SSSR count). The molecule has 2 aromatic rings. The minimum atomic E-state index is -1.36. The van der Waals surface area contributed by atoms with Crippen molar-refractivity contribution in [3.63, 3.8) is 0 Å². The lowest BCUT2D eigenvalue weighted by molar-refractivity contribution is -0.387. The normalized spacial score (nSPS) is 10.7. The first kappa shape index (κ1) is 13.3. The van der Waals surface area contributed by atoms with Crippen LogP contribution < -0.4 is 0 Å². The maximum Gasteiger partial charge on any atom is 0.305 e. The molecule has 1 aromatic heterocycles. The van der Waals surface area contributed by atoms with E-state index in [4.69, 9.17) is 16.0 Å². The van der Waals surface area contributed by atoms with Gasteiger partial charge in [-0.25, -0.2) is 4.39 Å². The second-order valence-electron chi connectivity index (χ2n) is 3.45. The molecule has 6 nitrogen and oxygen atoms in total. The van der Waals surface area contributed by atoms with E-state index in [9.17, 15) is 18.9 Å². The molecule has 0 spiro atoms. The van der Waals surface area contributed by atoms with Gasteiger partial charge in [0.05, 0.1) is 4.92 Å². The van der Waals surface area contributed by atoms with Crippen molar-refractivity contribution in [3.05, 3.63) is 39.8 Å². The predicted octanol–water partition coefficient (Wildman–Crippen LogP) is 2.70. The van der Waals surface area contributed by atoms with Crippen molar-refractivity contribution in [2.75, 3.05) is 5.88 Å². The highest BCUT2D eigenvalue weighted by Gasteiger charge is 2.26. The third kappa shape index (κ3) is 2.53. The average Bonchev–Trinajstić information content (AvgIpc) is 2.77. The van der Waals surface area contributed by atoms with Gasteiger partial charge in [-0.3, -0.25) is 10.1 Å². The first-order valence-corrected chi connectivity index (χ1v) is 5.59. The molecule has 0 amide bonds. The van der Waals surface area contributed by atoms with Crippen LogP contribution in [-0.2, 0) is 6.42 Å². The largest absolute Gasteiger partial charge is 0.420 e. The first-order chi connectivity index (χ1) is 9.04. The fourth-order valence-electron chi connectivity index (χ4n) is 1.42. The minimum Gasteiger partial charge on any atom is -0.420 e. The van der Waals surface area contributed by atoms with Gasteiger partial charge < -0.3 is 4.42 Å². The standard InChI is InChI=1S/C10H6ClF2N3O3/c11-4-3-7-14-15-10(19-7)8-5(12)1-2-6(9(8)13)16(17)18/h1-2H,3-4H2. The van der Waals surface area contributed by atoms with Crippen LogP contribution in [-0.4, -0.2) is 21.0 Å². The lowest BCUT2D eigenvalue weighted by Gasteiger charge is -2.00. The van der Waals surface area contributed by atoms with Crippen molar-refractivity contribution in [3.8, 4) is 11.5 Å². The fourth-order valence-corrected chi connectivity index (χ4v) is 1.58. The summed E-state index contributed by atoms with van der Waals surface area (Å²) < 4.78 is 32.4. The van der Waals surface area contributed by atoms with Crippen molar-refractivity contribution in [2.45, 2.75) is 6.42 Å². The van der Waals surface area contributed by atoms with Gasteiger partial charge in [-0.2, -0.15) is 4.39 Å². The Balaban J connectivity index is 2.53. The molecule has 0 N–H and O–H groups in total. The van der Waals surface area contributed by atoms with E-state index >= 15 is 0 Å². The van der Waals surface area contributed by atoms with Gasteiger partial charge >= 0.3 is 5.69 Å². The van der Waals surface area contributed by atoms with E-state index in [2.05, 4.69) is 10.2 Å². The minimum absolute atomic E-state index is 0.0929. The lowest BCUT2D eigenvalue weighted by Crippen LogP contribution is -1.97. The Bertz CT molecular complexity index is 632. The van der Waals surface area contributed by atoms with Gasteiger partial charge in [0.2, 0.25) is 11.7 Å². The second-order valence-corrected chi connectivity index (χ2v) is 3.83. The molecule has 1 heterocycles. The molecule has 0 aliphatic carbocycles. The van der Waals surface area contributed by atoms with E-state index < -0.39 is 33.7 Å². The van der Waals surface area contributed by atoms with Crippen LogP contribution in [0.25, 0.3) is 11.5 Å². The molecular formula is C10H6ClF2N3O3. The number of hydrogen-bond donors (Lipinski definition) is 0. The van der Waals surface area contributed by atoms with Gasteiger partial charge in [0, 0.05) is 18.4 Å². The Hall–Kier alpha value is -2.09. The van der Waals surface area contributed by atoms with Gasteiger partial charge in [-0.05, 0) is 6.07 Å². The van der Waals surface area contributed by atoms with Gasteiger partial charge in [0.25, 0.3) is 5.89 Å². The van der Waals surface area contributed by atoms with E-state index in [0.717, 1.165) is 12.1 Å². The molecule has 0 aliphatic rings. The molecule has 1 aromatic carbocycles. The van der Waals surface area contributed by atoms with E-state index in [-0.39, 0.29) is 18.2 Å². The highest BCUT2D eigenvalue weighted by atomic mass is 35.5. The Morgan fingerprint density at radius 1 is 1.37 bits per heavy atom. The molecule has 0 saturated heterocycles. The zero-order valence-electron chi connectivity index (χ0n) is 9.27. The molecule has 0 fully saturated rings. The van der Waals surface area contributed by atoms with Crippen molar-refractivity contribution < 1.29 is 18.1 Å². The summed E-state index contributed by atoms with van der Waals surface area (Å²) in [5, 5.41) is 17.6. The topological polar surface area (TPSA) is 82.1 Å². The SMILES string of the molecule is O=[N+]([O-])c1ccc(F)c(-c2nnc(CCCl)o2)c1F. The van der Waals surface area contributed by atoms with E-state index in [1.54, 1.807) is 0 Å². The third-order valence-corrected chi connectivity index (χ3v) is 2.45. The average molecular weight is 290 g/mol. The van der Waals surface area contributed by atoms with Crippen LogP contribution in [0.3, 0.4) is 0 Å². The van der Waals surface area contributed by atoms with Crippen LogP contribution in [0.1, 0.15) is 5.89 Å². The third-order valence-electron chi connectivity index (χ3n) is 2.26. The second kappa shape index (κ2) is 5.27. The number of rotatable bonds is 4. The molecule has 0 unspecified atom stereocenters. The number of nitro groups is 1. The maximum absolute atomic E-state index is 13.8. The first-order valence-electron chi connectivity index (χ1n) is 5.05. The summed E-state index contributed by atoms with van der Waals surface area (Å²) >= 11 is 5.46.